The van der Waals surface area contributed by atoms with Crippen molar-refractivity contribution in [3.63, 3.8) is 0 Å². The number of rotatable bonds is 5. The van der Waals surface area contributed by atoms with Crippen molar-refractivity contribution in [2.24, 2.45) is 5.92 Å². The number of piperidine rings is 1. The Morgan fingerprint density at radius 1 is 1.11 bits per heavy atom. The van der Waals surface area contributed by atoms with Gasteiger partial charge in [-0.2, -0.15) is 5.10 Å². The molecule has 6 heteroatoms. The number of allylic oxidation sites excluding steroid dienone is 1. The van der Waals surface area contributed by atoms with Gasteiger partial charge in [-0.3, -0.25) is 10.00 Å². The molecule has 2 aliphatic heterocycles. The number of nitrogens with one attached hydrogen (secondary N) is 2. The largest absolute Gasteiger partial charge is 0.378 e. The third-order valence-electron chi connectivity index (χ3n) is 6.00. The maximum Gasteiger partial charge on any atom is 0.130 e. The molecule has 6 nitrogen and oxygen atoms in total. The molecule has 28 heavy (non-hydrogen) atoms. The lowest BCUT2D eigenvalue weighted by Gasteiger charge is -2.41. The number of anilines is 1. The number of hydrogen-bond donors (Lipinski definition) is 2. The van der Waals surface area contributed by atoms with Gasteiger partial charge in [0.25, 0.3) is 0 Å². The summed E-state index contributed by atoms with van der Waals surface area (Å²) in [5.41, 5.74) is 3.30. The van der Waals surface area contributed by atoms with E-state index in [1.54, 1.807) is 0 Å². The van der Waals surface area contributed by atoms with Gasteiger partial charge in [0.1, 0.15) is 5.82 Å². The van der Waals surface area contributed by atoms with Crippen molar-refractivity contribution in [3.8, 4) is 11.1 Å². The van der Waals surface area contributed by atoms with Gasteiger partial charge in [-0.15, -0.1) is 0 Å². The standard InChI is InChI=1S/C22H25N5O/c1-15(16-4-6-27(7-5-16)21-13-28-14-21)26-22-9-19-8-17(20-11-24-25-12-20)2-3-18(19)10-23-22/h2-3,8-12,16,21H,1,4-7,13-14H2,(H,23,26)(H,24,25). The van der Waals surface area contributed by atoms with Crippen molar-refractivity contribution in [3.05, 3.63) is 55.1 Å². The monoisotopic (exact) mass is 375 g/mol. The highest BCUT2D eigenvalue weighted by Gasteiger charge is 2.30. The van der Waals surface area contributed by atoms with Crippen LogP contribution in [0.4, 0.5) is 5.82 Å². The van der Waals surface area contributed by atoms with Gasteiger partial charge in [0.15, 0.2) is 0 Å². The highest BCUT2D eigenvalue weighted by molar-refractivity contribution is 5.88. The maximum atomic E-state index is 5.32. The summed E-state index contributed by atoms with van der Waals surface area (Å²) < 4.78 is 5.32. The van der Waals surface area contributed by atoms with Crippen LogP contribution in [0.25, 0.3) is 21.9 Å². The van der Waals surface area contributed by atoms with Crippen molar-refractivity contribution in [1.82, 2.24) is 20.1 Å². The number of pyridine rings is 1. The first-order valence-electron chi connectivity index (χ1n) is 9.93. The molecule has 2 N–H and O–H groups in total. The lowest BCUT2D eigenvalue weighted by Crippen LogP contribution is -2.52. The Bertz CT molecular complexity index is 972. The van der Waals surface area contributed by atoms with Gasteiger partial charge in [-0.25, -0.2) is 4.98 Å². The van der Waals surface area contributed by atoms with E-state index in [4.69, 9.17) is 4.74 Å². The molecule has 144 valence electrons. The van der Waals surface area contributed by atoms with Crippen molar-refractivity contribution >= 4 is 16.6 Å². The molecule has 0 atom stereocenters. The summed E-state index contributed by atoms with van der Waals surface area (Å²) in [6.07, 6.45) is 7.95. The number of hydrogen-bond acceptors (Lipinski definition) is 5. The van der Waals surface area contributed by atoms with E-state index in [0.29, 0.717) is 12.0 Å². The third-order valence-corrected chi connectivity index (χ3v) is 6.00. The summed E-state index contributed by atoms with van der Waals surface area (Å²) in [4.78, 5) is 7.14. The van der Waals surface area contributed by atoms with Crippen LogP contribution >= 0.6 is 0 Å². The molecule has 2 fully saturated rings. The van der Waals surface area contributed by atoms with E-state index in [-0.39, 0.29) is 0 Å². The van der Waals surface area contributed by atoms with E-state index >= 15 is 0 Å². The van der Waals surface area contributed by atoms with Crippen LogP contribution in [0.2, 0.25) is 0 Å². The van der Waals surface area contributed by atoms with Gasteiger partial charge in [-0.05, 0) is 49.0 Å². The number of aromatic nitrogens is 3. The van der Waals surface area contributed by atoms with Crippen LogP contribution < -0.4 is 5.32 Å². The number of ether oxygens (including phenoxy) is 1. The van der Waals surface area contributed by atoms with Crippen LogP contribution in [0.5, 0.6) is 0 Å². The van der Waals surface area contributed by atoms with Crippen molar-refractivity contribution in [2.45, 2.75) is 18.9 Å². The van der Waals surface area contributed by atoms with Gasteiger partial charge in [-0.1, -0.05) is 18.7 Å². The zero-order valence-electron chi connectivity index (χ0n) is 15.9. The normalized spacial score (nSPS) is 18.9. The molecule has 2 aliphatic rings. The molecule has 0 bridgehead atoms. The fourth-order valence-electron chi connectivity index (χ4n) is 4.11. The SMILES string of the molecule is C=C(Nc1cc2cc(-c3cn[nH]c3)ccc2cn1)C1CCN(C2COC2)CC1. The van der Waals surface area contributed by atoms with Gasteiger partial charge in [0.2, 0.25) is 0 Å². The molecule has 5 rings (SSSR count). The van der Waals surface area contributed by atoms with E-state index < -0.39 is 0 Å². The molecule has 0 radical (unpaired) electrons. The second-order valence-corrected chi connectivity index (χ2v) is 7.77. The van der Waals surface area contributed by atoms with Crippen LogP contribution in [0.3, 0.4) is 0 Å². The first kappa shape index (κ1) is 17.4. The summed E-state index contributed by atoms with van der Waals surface area (Å²) in [6, 6.07) is 9.11. The van der Waals surface area contributed by atoms with Crippen molar-refractivity contribution < 1.29 is 4.74 Å². The summed E-state index contributed by atoms with van der Waals surface area (Å²) in [6.45, 7) is 8.35. The van der Waals surface area contributed by atoms with E-state index in [1.807, 2.05) is 18.6 Å². The summed E-state index contributed by atoms with van der Waals surface area (Å²) in [5, 5.41) is 12.7. The third kappa shape index (κ3) is 3.41. The average Bonchev–Trinajstić information content (AvgIpc) is 3.21. The maximum absolute atomic E-state index is 5.32. The zero-order chi connectivity index (χ0) is 18.9. The van der Waals surface area contributed by atoms with Crippen molar-refractivity contribution in [2.75, 3.05) is 31.6 Å². The minimum absolute atomic E-state index is 0.493. The first-order chi connectivity index (χ1) is 13.8. The number of likely N-dealkylation sites (tertiary alicyclic amines) is 1. The van der Waals surface area contributed by atoms with E-state index in [0.717, 1.165) is 72.6 Å². The molecule has 4 heterocycles. The fourth-order valence-corrected chi connectivity index (χ4v) is 4.11. The van der Waals surface area contributed by atoms with Gasteiger partial charge in [0.05, 0.1) is 25.5 Å². The minimum atomic E-state index is 0.493. The zero-order valence-corrected chi connectivity index (χ0v) is 15.9. The van der Waals surface area contributed by atoms with Crippen LogP contribution in [-0.4, -0.2) is 52.4 Å². The highest BCUT2D eigenvalue weighted by Crippen LogP contribution is 2.29. The van der Waals surface area contributed by atoms with Gasteiger partial charge in [0, 0.05) is 35.0 Å². The molecule has 1 aromatic carbocycles. The highest BCUT2D eigenvalue weighted by atomic mass is 16.5. The summed E-state index contributed by atoms with van der Waals surface area (Å²) in [7, 11) is 0. The van der Waals surface area contributed by atoms with E-state index in [9.17, 15) is 0 Å². The number of nitrogens with zero attached hydrogens (tertiary/aromatic N) is 3. The Hall–Kier alpha value is -2.70. The molecule has 0 amide bonds. The molecule has 0 unspecified atom stereocenters. The molecule has 2 aromatic heterocycles. The molecular weight excluding hydrogens is 350 g/mol. The molecule has 0 aliphatic carbocycles. The van der Waals surface area contributed by atoms with E-state index in [2.05, 4.69) is 56.2 Å². The lowest BCUT2D eigenvalue weighted by atomic mass is 9.92. The smallest absolute Gasteiger partial charge is 0.130 e. The van der Waals surface area contributed by atoms with Crippen LogP contribution in [0.15, 0.2) is 55.1 Å². The predicted octanol–water partition coefficient (Wildman–Crippen LogP) is 3.66. The van der Waals surface area contributed by atoms with Crippen molar-refractivity contribution in [1.29, 1.82) is 0 Å². The predicted molar refractivity (Wildman–Crippen MR) is 111 cm³/mol. The fraction of sp³-hybridized carbons (Fsp3) is 0.364. The Labute approximate surface area is 164 Å². The molecule has 0 saturated carbocycles. The second-order valence-electron chi connectivity index (χ2n) is 7.77. The number of benzene rings is 1. The van der Waals surface area contributed by atoms with Gasteiger partial charge >= 0.3 is 0 Å². The van der Waals surface area contributed by atoms with Crippen LogP contribution in [0.1, 0.15) is 12.8 Å². The summed E-state index contributed by atoms with van der Waals surface area (Å²) in [5.74, 6) is 1.35. The average molecular weight is 375 g/mol. The number of H-pyrrole nitrogens is 1. The second kappa shape index (κ2) is 7.37. The summed E-state index contributed by atoms with van der Waals surface area (Å²) >= 11 is 0. The Morgan fingerprint density at radius 2 is 1.96 bits per heavy atom. The molecular formula is C22H25N5O. The Morgan fingerprint density at radius 3 is 2.68 bits per heavy atom. The number of fused-ring (bicyclic) bond motifs is 1. The van der Waals surface area contributed by atoms with Crippen LogP contribution in [0, 0.1) is 5.92 Å². The van der Waals surface area contributed by atoms with E-state index in [1.165, 1.54) is 0 Å². The Kier molecular flexibility index (Phi) is 4.58. The quantitative estimate of drug-likeness (QED) is 0.712. The van der Waals surface area contributed by atoms with Gasteiger partial charge < -0.3 is 10.1 Å². The molecule has 2 saturated heterocycles. The molecule has 0 spiro atoms. The lowest BCUT2D eigenvalue weighted by molar-refractivity contribution is -0.0725. The Balaban J connectivity index is 1.27. The topological polar surface area (TPSA) is 66.1 Å². The van der Waals surface area contributed by atoms with Crippen LogP contribution in [-0.2, 0) is 4.74 Å². The first-order valence-corrected chi connectivity index (χ1v) is 9.93. The molecule has 3 aromatic rings. The number of aromatic amines is 1. The minimum Gasteiger partial charge on any atom is -0.378 e.